The maximum Gasteiger partial charge on any atom is 0.412 e. The van der Waals surface area contributed by atoms with Crippen molar-refractivity contribution in [1.82, 2.24) is 20.5 Å². The number of amides is 3. The van der Waals surface area contributed by atoms with Gasteiger partial charge in [-0.3, -0.25) is 15.4 Å². The van der Waals surface area contributed by atoms with Gasteiger partial charge >= 0.3 is 12.1 Å². The van der Waals surface area contributed by atoms with E-state index >= 15 is 0 Å². The average Bonchev–Trinajstić information content (AvgIpc) is 3.01. The van der Waals surface area contributed by atoms with E-state index in [2.05, 4.69) is 25.8 Å². The zero-order valence-electron chi connectivity index (χ0n) is 12.9. The van der Waals surface area contributed by atoms with E-state index in [0.717, 1.165) is 27.7 Å². The molecule has 1 aromatic carbocycles. The third-order valence-electron chi connectivity index (χ3n) is 3.98. The summed E-state index contributed by atoms with van der Waals surface area (Å²) >= 11 is 0. The van der Waals surface area contributed by atoms with Gasteiger partial charge in [-0.15, -0.1) is 0 Å². The van der Waals surface area contributed by atoms with Gasteiger partial charge in [-0.05, 0) is 24.3 Å². The van der Waals surface area contributed by atoms with Gasteiger partial charge < -0.3 is 15.8 Å². The Kier molecular flexibility index (Phi) is 3.46. The molecule has 9 heteroatoms. The summed E-state index contributed by atoms with van der Waals surface area (Å²) in [5.41, 5.74) is 8.89. The number of aromatic amines is 1. The van der Waals surface area contributed by atoms with Crippen LogP contribution in [-0.4, -0.2) is 33.9 Å². The quantitative estimate of drug-likeness (QED) is 0.578. The molecule has 0 fully saturated rings. The van der Waals surface area contributed by atoms with Gasteiger partial charge in [-0.25, -0.2) is 9.59 Å². The maximum atomic E-state index is 11.7. The minimum Gasteiger partial charge on any atom is -0.439 e. The number of carbonyl (C=O) groups is 2. The summed E-state index contributed by atoms with van der Waals surface area (Å²) in [7, 11) is 0. The van der Waals surface area contributed by atoms with Gasteiger partial charge in [0.2, 0.25) is 0 Å². The molecular weight excluding hydrogens is 324 g/mol. The number of fused-ring (bicyclic) bond motifs is 2. The number of ether oxygens (including phenoxy) is 1. The van der Waals surface area contributed by atoms with Crippen molar-refractivity contribution in [3.8, 4) is 11.3 Å². The molecule has 0 radical (unpaired) electrons. The first kappa shape index (κ1) is 14.9. The van der Waals surface area contributed by atoms with Crippen molar-refractivity contribution in [3.05, 3.63) is 42.2 Å². The minimum atomic E-state index is -0.682. The maximum absolute atomic E-state index is 11.7. The molecule has 2 aromatic heterocycles. The lowest BCUT2D eigenvalue weighted by Crippen LogP contribution is -2.36. The van der Waals surface area contributed by atoms with Gasteiger partial charge in [-0.1, -0.05) is 0 Å². The Morgan fingerprint density at radius 3 is 2.88 bits per heavy atom. The standard InChI is InChI=1S/C16H14N6O3/c17-15(23)19-7-13-9-5-10-12(6-11(9)20-16(24)25-13)21-22-14(10)8-1-3-18-4-2-8/h1-6,13H,7H2,(H,20,24)(H,21,22)(H3,17,19,23). The SMILES string of the molecule is NC(=O)NCC1OC(=O)Nc2cc3[nH]nc(-c4ccncc4)c3cc21. The van der Waals surface area contributed by atoms with Gasteiger partial charge in [-0.2, -0.15) is 5.10 Å². The molecule has 1 unspecified atom stereocenters. The van der Waals surface area contributed by atoms with Crippen LogP contribution in [0.1, 0.15) is 11.7 Å². The monoisotopic (exact) mass is 338 g/mol. The number of pyridine rings is 1. The van der Waals surface area contributed by atoms with Crippen molar-refractivity contribution in [2.45, 2.75) is 6.10 Å². The van der Waals surface area contributed by atoms with E-state index < -0.39 is 18.2 Å². The third-order valence-corrected chi connectivity index (χ3v) is 3.98. The fraction of sp³-hybridized carbons (Fsp3) is 0.125. The molecule has 1 aliphatic heterocycles. The molecule has 0 saturated carbocycles. The van der Waals surface area contributed by atoms with Crippen molar-refractivity contribution in [2.24, 2.45) is 5.73 Å². The van der Waals surface area contributed by atoms with Gasteiger partial charge in [0, 0.05) is 28.9 Å². The number of hydrogen-bond donors (Lipinski definition) is 4. The lowest BCUT2D eigenvalue weighted by atomic mass is 10.0. The smallest absolute Gasteiger partial charge is 0.412 e. The number of nitrogens with two attached hydrogens (primary N) is 1. The van der Waals surface area contributed by atoms with E-state index in [0.29, 0.717) is 5.69 Å². The summed E-state index contributed by atoms with van der Waals surface area (Å²) in [6.07, 6.45) is 2.16. The number of nitrogens with one attached hydrogen (secondary N) is 3. The molecule has 25 heavy (non-hydrogen) atoms. The number of H-pyrrole nitrogens is 1. The highest BCUT2D eigenvalue weighted by molar-refractivity contribution is 5.98. The lowest BCUT2D eigenvalue weighted by molar-refractivity contribution is 0.107. The molecule has 0 bridgehead atoms. The molecule has 3 heterocycles. The molecule has 5 N–H and O–H groups in total. The van der Waals surface area contributed by atoms with Crippen molar-refractivity contribution >= 4 is 28.7 Å². The Morgan fingerprint density at radius 2 is 2.12 bits per heavy atom. The van der Waals surface area contributed by atoms with Crippen LogP contribution in [0.25, 0.3) is 22.2 Å². The number of urea groups is 1. The highest BCUT2D eigenvalue weighted by Gasteiger charge is 2.28. The fourth-order valence-electron chi connectivity index (χ4n) is 2.86. The fourth-order valence-corrected chi connectivity index (χ4v) is 2.86. The van der Waals surface area contributed by atoms with Crippen LogP contribution in [0.15, 0.2) is 36.7 Å². The number of hydrogen-bond acceptors (Lipinski definition) is 5. The highest BCUT2D eigenvalue weighted by atomic mass is 16.6. The molecule has 3 aromatic rings. The predicted molar refractivity (Wildman–Crippen MR) is 89.8 cm³/mol. The van der Waals surface area contributed by atoms with Crippen molar-refractivity contribution in [1.29, 1.82) is 0 Å². The summed E-state index contributed by atoms with van der Waals surface area (Å²) in [5.74, 6) is 0. The second kappa shape index (κ2) is 5.78. The molecule has 1 aliphatic rings. The van der Waals surface area contributed by atoms with Gasteiger partial charge in [0.1, 0.15) is 11.8 Å². The van der Waals surface area contributed by atoms with Gasteiger partial charge in [0.25, 0.3) is 0 Å². The van der Waals surface area contributed by atoms with Crippen LogP contribution in [0, 0.1) is 0 Å². The first-order valence-electron chi connectivity index (χ1n) is 7.55. The molecule has 3 amide bonds. The van der Waals surface area contributed by atoms with E-state index in [9.17, 15) is 9.59 Å². The Hall–Kier alpha value is -3.62. The molecular formula is C16H14N6O3. The Bertz CT molecular complexity index is 969. The Balaban J connectivity index is 1.81. The van der Waals surface area contributed by atoms with E-state index in [4.69, 9.17) is 10.5 Å². The lowest BCUT2D eigenvalue weighted by Gasteiger charge is -2.26. The summed E-state index contributed by atoms with van der Waals surface area (Å²) in [6, 6.07) is 6.72. The average molecular weight is 338 g/mol. The number of primary amides is 1. The van der Waals surface area contributed by atoms with Crippen molar-refractivity contribution in [2.75, 3.05) is 11.9 Å². The topological polar surface area (TPSA) is 135 Å². The second-order valence-corrected chi connectivity index (χ2v) is 5.56. The molecule has 9 nitrogen and oxygen atoms in total. The largest absolute Gasteiger partial charge is 0.439 e. The van der Waals surface area contributed by atoms with Crippen molar-refractivity contribution in [3.63, 3.8) is 0 Å². The first-order valence-corrected chi connectivity index (χ1v) is 7.55. The van der Waals surface area contributed by atoms with Crippen molar-refractivity contribution < 1.29 is 14.3 Å². The van der Waals surface area contributed by atoms with Crippen LogP contribution in [0.2, 0.25) is 0 Å². The number of rotatable bonds is 3. The van der Waals surface area contributed by atoms with Gasteiger partial charge in [0.05, 0.1) is 17.7 Å². The van der Waals surface area contributed by atoms with Crippen LogP contribution < -0.4 is 16.4 Å². The molecule has 0 saturated heterocycles. The number of aromatic nitrogens is 3. The van der Waals surface area contributed by atoms with Crippen LogP contribution in [0.5, 0.6) is 0 Å². The summed E-state index contributed by atoms with van der Waals surface area (Å²) in [5, 5.41) is 13.3. The summed E-state index contributed by atoms with van der Waals surface area (Å²) < 4.78 is 5.27. The number of cyclic esters (lactones) is 1. The Morgan fingerprint density at radius 1 is 1.32 bits per heavy atom. The van der Waals surface area contributed by atoms with Crippen LogP contribution in [0.3, 0.4) is 0 Å². The van der Waals surface area contributed by atoms with E-state index in [1.807, 2.05) is 18.2 Å². The number of benzene rings is 1. The van der Waals surface area contributed by atoms with E-state index in [1.54, 1.807) is 18.5 Å². The van der Waals surface area contributed by atoms with E-state index in [-0.39, 0.29) is 6.54 Å². The van der Waals surface area contributed by atoms with Crippen LogP contribution >= 0.6 is 0 Å². The summed E-state index contributed by atoms with van der Waals surface area (Å²) in [6.45, 7) is 0.0870. The first-order chi connectivity index (χ1) is 12.1. The molecule has 0 aliphatic carbocycles. The number of anilines is 1. The second-order valence-electron chi connectivity index (χ2n) is 5.56. The Labute approximate surface area is 141 Å². The molecule has 126 valence electrons. The zero-order chi connectivity index (χ0) is 17.4. The molecule has 0 spiro atoms. The normalized spacial score (nSPS) is 16.0. The highest BCUT2D eigenvalue weighted by Crippen LogP contribution is 2.36. The van der Waals surface area contributed by atoms with Gasteiger partial charge in [0.15, 0.2) is 0 Å². The third kappa shape index (κ3) is 2.71. The molecule has 4 rings (SSSR count). The molecule has 1 atom stereocenters. The predicted octanol–water partition coefficient (Wildman–Crippen LogP) is 1.90. The zero-order valence-corrected chi connectivity index (χ0v) is 12.9. The van der Waals surface area contributed by atoms with E-state index in [1.165, 1.54) is 0 Å². The number of carbonyl (C=O) groups excluding carboxylic acids is 2. The van der Waals surface area contributed by atoms with Crippen LogP contribution in [0.4, 0.5) is 15.3 Å². The number of nitrogens with zero attached hydrogens (tertiary/aromatic N) is 2. The van der Waals surface area contributed by atoms with Crippen LogP contribution in [-0.2, 0) is 4.74 Å². The minimum absolute atomic E-state index is 0.0870. The summed E-state index contributed by atoms with van der Waals surface area (Å²) in [4.78, 5) is 26.7.